The Morgan fingerprint density at radius 1 is 1.25 bits per heavy atom. The number of methoxy groups -OCH3 is 2. The molecule has 1 fully saturated rings. The Hall–Kier alpha value is -1.22. The normalized spacial score (nSPS) is 19.8. The van der Waals surface area contributed by atoms with Gasteiger partial charge in [0.05, 0.1) is 14.2 Å². The lowest BCUT2D eigenvalue weighted by Gasteiger charge is -2.17. The molecule has 0 aromatic heterocycles. The number of rotatable bonds is 3. The summed E-state index contributed by atoms with van der Waals surface area (Å²) in [5.74, 6) is 2.44. The Labute approximate surface area is 96.8 Å². The molecule has 0 amide bonds. The highest BCUT2D eigenvalue weighted by molar-refractivity contribution is 5.51. The van der Waals surface area contributed by atoms with Gasteiger partial charge in [0.25, 0.3) is 0 Å². The zero-order valence-electron chi connectivity index (χ0n) is 10.2. The van der Waals surface area contributed by atoms with Crippen LogP contribution in [0.25, 0.3) is 0 Å². The summed E-state index contributed by atoms with van der Waals surface area (Å²) in [6, 6.07) is 4.16. The fourth-order valence-electron chi connectivity index (χ4n) is 2.43. The summed E-state index contributed by atoms with van der Waals surface area (Å²) in [6.45, 7) is 4.19. The van der Waals surface area contributed by atoms with Crippen LogP contribution in [-0.4, -0.2) is 27.3 Å². The third kappa shape index (κ3) is 1.87. The Kier molecular flexibility index (Phi) is 3.34. The van der Waals surface area contributed by atoms with Crippen LogP contribution in [0.15, 0.2) is 12.1 Å². The van der Waals surface area contributed by atoms with Gasteiger partial charge in [-0.2, -0.15) is 0 Å². The van der Waals surface area contributed by atoms with Gasteiger partial charge in [-0.15, -0.1) is 0 Å². The fourth-order valence-corrected chi connectivity index (χ4v) is 2.43. The molecular weight excluding hydrogens is 202 g/mol. The van der Waals surface area contributed by atoms with Crippen LogP contribution in [0.4, 0.5) is 0 Å². The number of hydrogen-bond donors (Lipinski definition) is 1. The molecule has 1 N–H and O–H groups in total. The molecule has 2 rings (SSSR count). The third-order valence-electron chi connectivity index (χ3n) is 3.31. The molecule has 1 heterocycles. The molecule has 0 bridgehead atoms. The summed E-state index contributed by atoms with van der Waals surface area (Å²) in [6.07, 6.45) is 1.18. The van der Waals surface area contributed by atoms with E-state index in [9.17, 15) is 0 Å². The van der Waals surface area contributed by atoms with Crippen LogP contribution in [0.2, 0.25) is 0 Å². The van der Waals surface area contributed by atoms with E-state index in [2.05, 4.69) is 11.4 Å². The first-order valence-electron chi connectivity index (χ1n) is 5.70. The summed E-state index contributed by atoms with van der Waals surface area (Å²) in [4.78, 5) is 0. The van der Waals surface area contributed by atoms with E-state index in [1.54, 1.807) is 14.2 Å². The van der Waals surface area contributed by atoms with E-state index in [-0.39, 0.29) is 0 Å². The number of hydrogen-bond acceptors (Lipinski definition) is 3. The Morgan fingerprint density at radius 2 is 2.06 bits per heavy atom. The predicted molar refractivity (Wildman–Crippen MR) is 64.5 cm³/mol. The molecule has 1 aromatic rings. The first-order valence-corrected chi connectivity index (χ1v) is 5.70. The molecule has 3 heteroatoms. The molecule has 0 radical (unpaired) electrons. The van der Waals surface area contributed by atoms with Gasteiger partial charge in [0, 0.05) is 18.0 Å². The summed E-state index contributed by atoms with van der Waals surface area (Å²) in [5.41, 5.74) is 2.39. The van der Waals surface area contributed by atoms with Gasteiger partial charge in [-0.3, -0.25) is 0 Å². The van der Waals surface area contributed by atoms with Crippen LogP contribution in [0.5, 0.6) is 11.5 Å². The maximum atomic E-state index is 5.52. The van der Waals surface area contributed by atoms with E-state index in [4.69, 9.17) is 9.47 Å². The van der Waals surface area contributed by atoms with Crippen LogP contribution >= 0.6 is 0 Å². The van der Waals surface area contributed by atoms with E-state index in [0.717, 1.165) is 30.2 Å². The van der Waals surface area contributed by atoms with E-state index >= 15 is 0 Å². The Bertz CT molecular complexity index is 370. The first-order chi connectivity index (χ1) is 7.77. The van der Waals surface area contributed by atoms with Crippen molar-refractivity contribution >= 4 is 0 Å². The lowest BCUT2D eigenvalue weighted by molar-refractivity contribution is 0.383. The molecule has 1 aliphatic rings. The zero-order chi connectivity index (χ0) is 11.5. The van der Waals surface area contributed by atoms with E-state index in [1.807, 2.05) is 13.0 Å². The first kappa shape index (κ1) is 11.3. The van der Waals surface area contributed by atoms with Crippen LogP contribution < -0.4 is 14.8 Å². The molecule has 1 aromatic carbocycles. The maximum Gasteiger partial charge on any atom is 0.128 e. The van der Waals surface area contributed by atoms with E-state index in [0.29, 0.717) is 5.92 Å². The minimum Gasteiger partial charge on any atom is -0.496 e. The van der Waals surface area contributed by atoms with Gasteiger partial charge in [0.15, 0.2) is 0 Å². The van der Waals surface area contributed by atoms with E-state index in [1.165, 1.54) is 12.0 Å². The smallest absolute Gasteiger partial charge is 0.128 e. The second-order valence-corrected chi connectivity index (χ2v) is 4.21. The zero-order valence-corrected chi connectivity index (χ0v) is 10.2. The minimum atomic E-state index is 0.569. The molecule has 1 saturated heterocycles. The van der Waals surface area contributed by atoms with Crippen molar-refractivity contribution in [2.24, 2.45) is 0 Å². The largest absolute Gasteiger partial charge is 0.496 e. The topological polar surface area (TPSA) is 30.5 Å². The van der Waals surface area contributed by atoms with Gasteiger partial charge in [-0.25, -0.2) is 0 Å². The summed E-state index contributed by atoms with van der Waals surface area (Å²) in [5, 5.41) is 3.38. The number of nitrogens with one attached hydrogen (secondary N) is 1. The van der Waals surface area contributed by atoms with Crippen molar-refractivity contribution in [3.05, 3.63) is 23.3 Å². The van der Waals surface area contributed by atoms with Crippen LogP contribution in [0.1, 0.15) is 23.5 Å². The van der Waals surface area contributed by atoms with Crippen LogP contribution in [0, 0.1) is 6.92 Å². The molecule has 1 aliphatic heterocycles. The van der Waals surface area contributed by atoms with E-state index < -0.39 is 0 Å². The Morgan fingerprint density at radius 3 is 2.62 bits per heavy atom. The average molecular weight is 221 g/mol. The summed E-state index contributed by atoms with van der Waals surface area (Å²) >= 11 is 0. The van der Waals surface area contributed by atoms with Crippen molar-refractivity contribution in [1.82, 2.24) is 5.32 Å². The highest BCUT2D eigenvalue weighted by Crippen LogP contribution is 2.37. The summed E-state index contributed by atoms with van der Waals surface area (Å²) in [7, 11) is 3.42. The summed E-state index contributed by atoms with van der Waals surface area (Å²) < 4.78 is 10.8. The fraction of sp³-hybridized carbons (Fsp3) is 0.538. The van der Waals surface area contributed by atoms with Crippen LogP contribution in [-0.2, 0) is 0 Å². The lowest BCUT2D eigenvalue weighted by atomic mass is 9.95. The SMILES string of the molecule is COc1ccc(C2CCNC2)c(OC)c1C. The van der Waals surface area contributed by atoms with Crippen molar-refractivity contribution in [3.63, 3.8) is 0 Å². The standard InChI is InChI=1S/C13H19NO2/c1-9-12(15-2)5-4-11(13(9)16-3)10-6-7-14-8-10/h4-5,10,14H,6-8H2,1-3H3. The third-order valence-corrected chi connectivity index (χ3v) is 3.31. The highest BCUT2D eigenvalue weighted by atomic mass is 16.5. The number of benzene rings is 1. The van der Waals surface area contributed by atoms with Crippen molar-refractivity contribution < 1.29 is 9.47 Å². The minimum absolute atomic E-state index is 0.569. The molecular formula is C13H19NO2. The van der Waals surface area contributed by atoms with Gasteiger partial charge in [0.1, 0.15) is 11.5 Å². The highest BCUT2D eigenvalue weighted by Gasteiger charge is 2.22. The average Bonchev–Trinajstić information content (AvgIpc) is 2.82. The van der Waals surface area contributed by atoms with Crippen molar-refractivity contribution in [2.45, 2.75) is 19.3 Å². The van der Waals surface area contributed by atoms with Gasteiger partial charge >= 0.3 is 0 Å². The van der Waals surface area contributed by atoms with Gasteiger partial charge in [-0.1, -0.05) is 6.07 Å². The molecule has 1 unspecified atom stereocenters. The van der Waals surface area contributed by atoms with Gasteiger partial charge < -0.3 is 14.8 Å². The molecule has 16 heavy (non-hydrogen) atoms. The van der Waals surface area contributed by atoms with Crippen LogP contribution in [0.3, 0.4) is 0 Å². The monoisotopic (exact) mass is 221 g/mol. The van der Waals surface area contributed by atoms with Gasteiger partial charge in [-0.05, 0) is 31.5 Å². The van der Waals surface area contributed by atoms with Crippen molar-refractivity contribution in [2.75, 3.05) is 27.3 Å². The molecule has 88 valence electrons. The maximum absolute atomic E-state index is 5.52. The Balaban J connectivity index is 2.40. The van der Waals surface area contributed by atoms with Gasteiger partial charge in [0.2, 0.25) is 0 Å². The molecule has 0 spiro atoms. The quantitative estimate of drug-likeness (QED) is 0.847. The molecule has 1 atom stereocenters. The predicted octanol–water partition coefficient (Wildman–Crippen LogP) is 2.09. The number of ether oxygens (including phenoxy) is 2. The molecule has 0 saturated carbocycles. The second kappa shape index (κ2) is 4.74. The lowest BCUT2D eigenvalue weighted by Crippen LogP contribution is -2.09. The van der Waals surface area contributed by atoms with Crippen molar-refractivity contribution in [3.8, 4) is 11.5 Å². The second-order valence-electron chi connectivity index (χ2n) is 4.21. The molecule has 3 nitrogen and oxygen atoms in total. The van der Waals surface area contributed by atoms with Crippen molar-refractivity contribution in [1.29, 1.82) is 0 Å². The molecule has 0 aliphatic carbocycles.